The van der Waals surface area contributed by atoms with Gasteiger partial charge in [-0.15, -0.1) is 0 Å². The minimum Gasteiger partial charge on any atom is -0.364 e. The quantitative estimate of drug-likeness (QED) is 0.618. The number of nitrogens with two attached hydrogens (primary N) is 1. The average molecular weight is 178 g/mol. The molecule has 1 aromatic heterocycles. The van der Waals surface area contributed by atoms with Crippen LogP contribution in [0.4, 0.5) is 0 Å². The molecule has 0 saturated heterocycles. The fourth-order valence-electron chi connectivity index (χ4n) is 0.761. The van der Waals surface area contributed by atoms with Crippen LogP contribution < -0.4 is 11.3 Å². The molecule has 0 radical (unpaired) electrons. The number of aromatic nitrogens is 2. The predicted molar refractivity (Wildman–Crippen MR) is 42.6 cm³/mol. The van der Waals surface area contributed by atoms with Crippen molar-refractivity contribution in [3.05, 3.63) is 28.2 Å². The van der Waals surface area contributed by atoms with Gasteiger partial charge in [-0.25, -0.2) is 4.68 Å². The van der Waals surface area contributed by atoms with Gasteiger partial charge in [0, 0.05) is 6.07 Å². The monoisotopic (exact) mass is 178 g/mol. The van der Waals surface area contributed by atoms with Gasteiger partial charge in [0.15, 0.2) is 0 Å². The lowest BCUT2D eigenvalue weighted by molar-refractivity contribution is 0.0993. The number of carbonyl (C=O) groups is 1. The predicted octanol–water partition coefficient (Wildman–Crippen LogP) is -1.13. The van der Waals surface area contributed by atoms with Gasteiger partial charge in [-0.3, -0.25) is 9.59 Å². The molecular formula is C7H6N4O2. The van der Waals surface area contributed by atoms with E-state index < -0.39 is 11.5 Å². The van der Waals surface area contributed by atoms with Crippen molar-refractivity contribution in [2.24, 2.45) is 5.73 Å². The number of amides is 1. The summed E-state index contributed by atoms with van der Waals surface area (Å²) in [5.74, 6) is -0.730. The van der Waals surface area contributed by atoms with E-state index in [1.807, 2.05) is 0 Å². The Morgan fingerprint density at radius 3 is 2.92 bits per heavy atom. The second-order valence-electron chi connectivity index (χ2n) is 2.24. The average Bonchev–Trinajstić information content (AvgIpc) is 2.08. The molecule has 6 nitrogen and oxygen atoms in total. The molecule has 1 rings (SSSR count). The summed E-state index contributed by atoms with van der Waals surface area (Å²) < 4.78 is 0.875. The molecule has 0 fully saturated rings. The molecule has 13 heavy (non-hydrogen) atoms. The largest absolute Gasteiger partial charge is 0.364 e. The van der Waals surface area contributed by atoms with Crippen LogP contribution in [0.3, 0.4) is 0 Å². The number of hydrogen-bond acceptors (Lipinski definition) is 4. The Morgan fingerprint density at radius 1 is 1.69 bits per heavy atom. The van der Waals surface area contributed by atoms with Crippen molar-refractivity contribution in [3.63, 3.8) is 0 Å². The standard InChI is InChI=1S/C7H6N4O2/c8-3-4-11-6(12)2-1-5(10-11)7(9)13/h1-2H,4H2,(H2,9,13). The van der Waals surface area contributed by atoms with Gasteiger partial charge in [0.25, 0.3) is 11.5 Å². The Kier molecular flexibility index (Phi) is 2.40. The van der Waals surface area contributed by atoms with Gasteiger partial charge in [0.2, 0.25) is 0 Å². The topological polar surface area (TPSA) is 102 Å². The molecule has 1 heterocycles. The van der Waals surface area contributed by atoms with Crippen LogP contribution in [-0.4, -0.2) is 15.7 Å². The van der Waals surface area contributed by atoms with E-state index >= 15 is 0 Å². The zero-order chi connectivity index (χ0) is 9.84. The molecule has 6 heteroatoms. The molecule has 0 atom stereocenters. The maximum atomic E-state index is 11.0. The molecule has 0 aliphatic rings. The SMILES string of the molecule is N#CCn1nc(C(N)=O)ccc1=O. The summed E-state index contributed by atoms with van der Waals surface area (Å²) in [5.41, 5.74) is 4.46. The number of nitriles is 1. The van der Waals surface area contributed by atoms with Crippen molar-refractivity contribution in [1.29, 1.82) is 5.26 Å². The molecule has 66 valence electrons. The van der Waals surface area contributed by atoms with Crippen LogP contribution in [0.5, 0.6) is 0 Å². The zero-order valence-electron chi connectivity index (χ0n) is 6.60. The second-order valence-corrected chi connectivity index (χ2v) is 2.24. The molecule has 0 bridgehead atoms. The van der Waals surface area contributed by atoms with Gasteiger partial charge in [0.05, 0.1) is 6.07 Å². The van der Waals surface area contributed by atoms with E-state index in [0.717, 1.165) is 10.7 Å². The Morgan fingerprint density at radius 2 is 2.38 bits per heavy atom. The van der Waals surface area contributed by atoms with Gasteiger partial charge in [0.1, 0.15) is 12.2 Å². The van der Waals surface area contributed by atoms with E-state index in [0.29, 0.717) is 0 Å². The number of primary amides is 1. The Balaban J connectivity index is 3.20. The number of carbonyl (C=O) groups excluding carboxylic acids is 1. The summed E-state index contributed by atoms with van der Waals surface area (Å²) >= 11 is 0. The maximum absolute atomic E-state index is 11.0. The van der Waals surface area contributed by atoms with E-state index in [2.05, 4.69) is 5.10 Å². The van der Waals surface area contributed by atoms with Gasteiger partial charge < -0.3 is 5.73 Å². The highest BCUT2D eigenvalue weighted by Crippen LogP contribution is 1.87. The zero-order valence-corrected chi connectivity index (χ0v) is 6.60. The number of rotatable bonds is 2. The van der Waals surface area contributed by atoms with Crippen molar-refractivity contribution in [2.45, 2.75) is 6.54 Å². The third kappa shape index (κ3) is 1.90. The minimum atomic E-state index is -0.730. The Bertz CT molecular complexity index is 429. The minimum absolute atomic E-state index is 0.0325. The summed E-state index contributed by atoms with van der Waals surface area (Å²) in [5, 5.41) is 11.9. The van der Waals surface area contributed by atoms with E-state index in [-0.39, 0.29) is 12.2 Å². The molecule has 2 N–H and O–H groups in total. The van der Waals surface area contributed by atoms with Crippen LogP contribution in [0.25, 0.3) is 0 Å². The summed E-state index contributed by atoms with van der Waals surface area (Å²) in [6.45, 7) is -0.194. The highest BCUT2D eigenvalue weighted by Gasteiger charge is 2.04. The van der Waals surface area contributed by atoms with Crippen molar-refractivity contribution in [1.82, 2.24) is 9.78 Å². The number of hydrogen-bond donors (Lipinski definition) is 1. The summed E-state index contributed by atoms with van der Waals surface area (Å²) in [7, 11) is 0. The van der Waals surface area contributed by atoms with Crippen LogP contribution in [0.1, 0.15) is 10.5 Å². The van der Waals surface area contributed by atoms with Crippen LogP contribution >= 0.6 is 0 Å². The normalized spacial score (nSPS) is 9.15. The smallest absolute Gasteiger partial charge is 0.269 e. The second kappa shape index (κ2) is 3.49. The van der Waals surface area contributed by atoms with Crippen LogP contribution in [0.2, 0.25) is 0 Å². The first-order valence-electron chi connectivity index (χ1n) is 3.40. The first-order chi connectivity index (χ1) is 6.15. The Hall–Kier alpha value is -2.16. The first kappa shape index (κ1) is 8.93. The summed E-state index contributed by atoms with van der Waals surface area (Å²) in [6.07, 6.45) is 0. The molecule has 0 aliphatic heterocycles. The molecule has 0 spiro atoms. The lowest BCUT2D eigenvalue weighted by Gasteiger charge is -1.98. The highest BCUT2D eigenvalue weighted by molar-refractivity contribution is 5.90. The van der Waals surface area contributed by atoms with Gasteiger partial charge in [-0.2, -0.15) is 10.4 Å². The van der Waals surface area contributed by atoms with Gasteiger partial charge >= 0.3 is 0 Å². The van der Waals surface area contributed by atoms with Crippen molar-refractivity contribution in [2.75, 3.05) is 0 Å². The van der Waals surface area contributed by atoms with E-state index in [1.54, 1.807) is 6.07 Å². The summed E-state index contributed by atoms with van der Waals surface area (Å²) in [4.78, 5) is 21.6. The molecule has 0 aromatic carbocycles. The third-order valence-corrected chi connectivity index (χ3v) is 1.34. The van der Waals surface area contributed by atoms with Crippen LogP contribution in [-0.2, 0) is 6.54 Å². The summed E-state index contributed by atoms with van der Waals surface area (Å²) in [6, 6.07) is 4.10. The molecule has 1 aromatic rings. The fourth-order valence-corrected chi connectivity index (χ4v) is 0.761. The van der Waals surface area contributed by atoms with Crippen LogP contribution in [0, 0.1) is 11.3 Å². The Labute approximate surface area is 73.2 Å². The fraction of sp³-hybridized carbons (Fsp3) is 0.143. The third-order valence-electron chi connectivity index (χ3n) is 1.34. The van der Waals surface area contributed by atoms with E-state index in [1.165, 1.54) is 6.07 Å². The van der Waals surface area contributed by atoms with Crippen molar-refractivity contribution in [3.8, 4) is 6.07 Å². The molecule has 0 aliphatic carbocycles. The van der Waals surface area contributed by atoms with Gasteiger partial charge in [-0.05, 0) is 6.07 Å². The van der Waals surface area contributed by atoms with Crippen LogP contribution in [0.15, 0.2) is 16.9 Å². The highest BCUT2D eigenvalue weighted by atomic mass is 16.1. The maximum Gasteiger partial charge on any atom is 0.269 e. The molecule has 0 unspecified atom stereocenters. The molecule has 1 amide bonds. The molecular weight excluding hydrogens is 172 g/mol. The van der Waals surface area contributed by atoms with E-state index in [4.69, 9.17) is 11.0 Å². The lowest BCUT2D eigenvalue weighted by Crippen LogP contribution is -2.25. The molecule has 0 saturated carbocycles. The lowest BCUT2D eigenvalue weighted by atomic mass is 10.4. The van der Waals surface area contributed by atoms with Crippen molar-refractivity contribution >= 4 is 5.91 Å². The van der Waals surface area contributed by atoms with Gasteiger partial charge in [-0.1, -0.05) is 0 Å². The van der Waals surface area contributed by atoms with E-state index in [9.17, 15) is 9.59 Å². The van der Waals surface area contributed by atoms with Crippen molar-refractivity contribution < 1.29 is 4.79 Å². The first-order valence-corrected chi connectivity index (χ1v) is 3.40. The number of nitrogens with zero attached hydrogens (tertiary/aromatic N) is 3.